The third kappa shape index (κ3) is 5.80. The van der Waals surface area contributed by atoms with Crippen LogP contribution < -0.4 is 0 Å². The van der Waals surface area contributed by atoms with Crippen molar-refractivity contribution in [3.63, 3.8) is 0 Å². The van der Waals surface area contributed by atoms with Crippen LogP contribution in [-0.2, 0) is 4.74 Å². The van der Waals surface area contributed by atoms with Gasteiger partial charge in [0.25, 0.3) is 0 Å². The van der Waals surface area contributed by atoms with E-state index in [2.05, 4.69) is 0 Å². The summed E-state index contributed by atoms with van der Waals surface area (Å²) >= 11 is 0. The van der Waals surface area contributed by atoms with E-state index in [-0.39, 0.29) is 5.60 Å². The van der Waals surface area contributed by atoms with Crippen molar-refractivity contribution in [3.05, 3.63) is 6.42 Å². The Morgan fingerprint density at radius 3 is 2.00 bits per heavy atom. The van der Waals surface area contributed by atoms with Gasteiger partial charge in [0, 0.05) is 6.42 Å². The molecule has 1 N–H and O–H groups in total. The Bertz CT molecular complexity index is 73.5. The van der Waals surface area contributed by atoms with Gasteiger partial charge in [-0.25, -0.2) is 0 Å². The lowest BCUT2D eigenvalue weighted by Gasteiger charge is -2.22. The SMILES string of the molecule is C[CH][C@@H](O)OC(C)(C)C. The summed E-state index contributed by atoms with van der Waals surface area (Å²) in [5.41, 5.74) is -0.258. The van der Waals surface area contributed by atoms with Crippen molar-refractivity contribution in [1.29, 1.82) is 0 Å². The van der Waals surface area contributed by atoms with E-state index >= 15 is 0 Å². The van der Waals surface area contributed by atoms with E-state index < -0.39 is 6.29 Å². The van der Waals surface area contributed by atoms with Crippen molar-refractivity contribution < 1.29 is 9.84 Å². The second-order valence-electron chi connectivity index (χ2n) is 2.95. The van der Waals surface area contributed by atoms with Crippen LogP contribution in [0, 0.1) is 6.42 Å². The zero-order valence-electron chi connectivity index (χ0n) is 6.51. The Morgan fingerprint density at radius 1 is 1.44 bits per heavy atom. The van der Waals surface area contributed by atoms with E-state index in [0.717, 1.165) is 0 Å². The molecule has 55 valence electrons. The van der Waals surface area contributed by atoms with Gasteiger partial charge >= 0.3 is 0 Å². The molecule has 0 aromatic carbocycles. The molecule has 1 radical (unpaired) electrons. The highest BCUT2D eigenvalue weighted by Crippen LogP contribution is 2.09. The lowest BCUT2D eigenvalue weighted by atomic mass is 10.2. The molecule has 0 heterocycles. The quantitative estimate of drug-likeness (QED) is 0.573. The molecule has 0 unspecified atom stereocenters. The van der Waals surface area contributed by atoms with Crippen LogP contribution in [0.25, 0.3) is 0 Å². The summed E-state index contributed by atoms with van der Waals surface area (Å²) in [5, 5.41) is 8.92. The Kier molecular flexibility index (Phi) is 3.15. The molecule has 0 fully saturated rings. The standard InChI is InChI=1S/C7H15O2/c1-5-6(8)9-7(2,3)4/h5-6,8H,1-4H3/t6-/m0/s1. The van der Waals surface area contributed by atoms with Crippen LogP contribution in [0.15, 0.2) is 0 Å². The number of hydrogen-bond acceptors (Lipinski definition) is 2. The van der Waals surface area contributed by atoms with Crippen LogP contribution in [0.1, 0.15) is 27.7 Å². The normalized spacial score (nSPS) is 15.7. The van der Waals surface area contributed by atoms with Crippen molar-refractivity contribution in [2.75, 3.05) is 0 Å². The molecule has 1 atom stereocenters. The molecule has 0 bridgehead atoms. The minimum absolute atomic E-state index is 0.258. The first-order chi connectivity index (χ1) is 3.95. The third-order valence-electron chi connectivity index (χ3n) is 0.759. The highest BCUT2D eigenvalue weighted by molar-refractivity contribution is 4.66. The summed E-state index contributed by atoms with van der Waals surface area (Å²) in [7, 11) is 0. The minimum Gasteiger partial charge on any atom is -0.368 e. The fourth-order valence-corrected chi connectivity index (χ4v) is 0.430. The fraction of sp³-hybridized carbons (Fsp3) is 0.857. The van der Waals surface area contributed by atoms with Crippen molar-refractivity contribution in [3.8, 4) is 0 Å². The van der Waals surface area contributed by atoms with Gasteiger partial charge in [0.05, 0.1) is 5.60 Å². The third-order valence-corrected chi connectivity index (χ3v) is 0.759. The van der Waals surface area contributed by atoms with Crippen molar-refractivity contribution in [1.82, 2.24) is 0 Å². The van der Waals surface area contributed by atoms with Gasteiger partial charge in [0.1, 0.15) is 0 Å². The zero-order chi connectivity index (χ0) is 7.49. The van der Waals surface area contributed by atoms with Crippen molar-refractivity contribution in [2.24, 2.45) is 0 Å². The first kappa shape index (κ1) is 8.92. The van der Waals surface area contributed by atoms with E-state index in [1.54, 1.807) is 13.3 Å². The first-order valence-electron chi connectivity index (χ1n) is 3.11. The molecular formula is C7H15O2. The predicted molar refractivity (Wildman–Crippen MR) is 36.8 cm³/mol. The Balaban J connectivity index is 3.47. The molecule has 0 aromatic rings. The Morgan fingerprint density at radius 2 is 1.89 bits per heavy atom. The Labute approximate surface area is 56.8 Å². The first-order valence-corrected chi connectivity index (χ1v) is 3.11. The maximum atomic E-state index is 8.92. The molecule has 0 aliphatic rings. The molecule has 0 saturated carbocycles. The number of rotatable bonds is 2. The zero-order valence-corrected chi connectivity index (χ0v) is 6.51. The number of hydrogen-bond donors (Lipinski definition) is 1. The van der Waals surface area contributed by atoms with Crippen LogP contribution in [-0.4, -0.2) is 17.0 Å². The summed E-state index contributed by atoms with van der Waals surface area (Å²) < 4.78 is 5.09. The summed E-state index contributed by atoms with van der Waals surface area (Å²) in [6.45, 7) is 7.47. The second kappa shape index (κ2) is 3.18. The van der Waals surface area contributed by atoms with Crippen LogP contribution >= 0.6 is 0 Å². The smallest absolute Gasteiger partial charge is 0.158 e. The van der Waals surface area contributed by atoms with Gasteiger partial charge in [-0.2, -0.15) is 0 Å². The monoisotopic (exact) mass is 131 g/mol. The van der Waals surface area contributed by atoms with Gasteiger partial charge < -0.3 is 9.84 Å². The maximum Gasteiger partial charge on any atom is 0.158 e. The average molecular weight is 131 g/mol. The molecule has 0 aliphatic carbocycles. The predicted octanol–water partition coefficient (Wildman–Crippen LogP) is 1.34. The lowest BCUT2D eigenvalue weighted by molar-refractivity contribution is -0.146. The number of ether oxygens (including phenoxy) is 1. The van der Waals surface area contributed by atoms with Gasteiger partial charge in [-0.05, 0) is 20.8 Å². The molecule has 0 saturated heterocycles. The summed E-state index contributed by atoms with van der Waals surface area (Å²) in [5.74, 6) is 0. The molecule has 0 amide bonds. The summed E-state index contributed by atoms with van der Waals surface area (Å²) in [6, 6.07) is 0. The van der Waals surface area contributed by atoms with Crippen LogP contribution in [0.5, 0.6) is 0 Å². The second-order valence-corrected chi connectivity index (χ2v) is 2.95. The lowest BCUT2D eigenvalue weighted by Crippen LogP contribution is -2.26. The van der Waals surface area contributed by atoms with E-state index in [9.17, 15) is 0 Å². The van der Waals surface area contributed by atoms with Gasteiger partial charge in [-0.1, -0.05) is 6.92 Å². The molecule has 2 nitrogen and oxygen atoms in total. The average Bonchev–Trinajstić information content (AvgIpc) is 1.62. The van der Waals surface area contributed by atoms with E-state index in [1.165, 1.54) is 0 Å². The molecule has 0 spiro atoms. The van der Waals surface area contributed by atoms with Crippen molar-refractivity contribution >= 4 is 0 Å². The maximum absolute atomic E-state index is 8.92. The highest BCUT2D eigenvalue weighted by Gasteiger charge is 2.14. The van der Waals surface area contributed by atoms with E-state index in [4.69, 9.17) is 9.84 Å². The topological polar surface area (TPSA) is 29.5 Å². The van der Waals surface area contributed by atoms with Crippen molar-refractivity contribution in [2.45, 2.75) is 39.6 Å². The number of aliphatic hydroxyl groups is 1. The summed E-state index contributed by atoms with van der Waals surface area (Å²) in [6.07, 6.45) is 0.871. The Hall–Kier alpha value is -0.0800. The highest BCUT2D eigenvalue weighted by atomic mass is 16.6. The molecular weight excluding hydrogens is 116 g/mol. The summed E-state index contributed by atoms with van der Waals surface area (Å²) in [4.78, 5) is 0. The molecule has 0 aliphatic heterocycles. The molecule has 9 heavy (non-hydrogen) atoms. The fourth-order valence-electron chi connectivity index (χ4n) is 0.430. The van der Waals surface area contributed by atoms with E-state index in [0.29, 0.717) is 0 Å². The molecule has 2 heteroatoms. The van der Waals surface area contributed by atoms with Gasteiger partial charge in [-0.3, -0.25) is 0 Å². The minimum atomic E-state index is -0.731. The van der Waals surface area contributed by atoms with Gasteiger partial charge in [0.2, 0.25) is 0 Å². The number of aliphatic hydroxyl groups excluding tert-OH is 1. The van der Waals surface area contributed by atoms with E-state index in [1.807, 2.05) is 20.8 Å². The van der Waals surface area contributed by atoms with Crippen LogP contribution in [0.3, 0.4) is 0 Å². The van der Waals surface area contributed by atoms with Crippen LogP contribution in [0.4, 0.5) is 0 Å². The molecule has 0 aromatic heterocycles. The molecule has 0 rings (SSSR count). The van der Waals surface area contributed by atoms with Gasteiger partial charge in [0.15, 0.2) is 6.29 Å². The van der Waals surface area contributed by atoms with Gasteiger partial charge in [-0.15, -0.1) is 0 Å². The largest absolute Gasteiger partial charge is 0.368 e. The van der Waals surface area contributed by atoms with Crippen LogP contribution in [0.2, 0.25) is 0 Å².